The number of benzene rings is 2. The van der Waals surface area contributed by atoms with Crippen LogP contribution in [0.25, 0.3) is 0 Å². The number of rotatable bonds is 4. The molecule has 2 aromatic carbocycles. The first-order chi connectivity index (χ1) is 8.69. The molecule has 0 atom stereocenters. The quantitative estimate of drug-likeness (QED) is 0.604. The van der Waals surface area contributed by atoms with E-state index in [4.69, 9.17) is 11.6 Å². The van der Waals surface area contributed by atoms with E-state index in [0.29, 0.717) is 5.56 Å². The molecular formula is C15H12ClFO. The van der Waals surface area contributed by atoms with Crippen LogP contribution in [0.5, 0.6) is 0 Å². The largest absolute Gasteiger partial charge is 0.293 e. The molecule has 0 aliphatic rings. The number of halogens is 2. The van der Waals surface area contributed by atoms with Gasteiger partial charge in [-0.2, -0.15) is 0 Å². The summed E-state index contributed by atoms with van der Waals surface area (Å²) < 4.78 is 12.8. The number of alkyl halides is 1. The van der Waals surface area contributed by atoms with Crippen LogP contribution in [-0.2, 0) is 6.42 Å². The normalized spacial score (nSPS) is 10.3. The molecule has 0 amide bonds. The maximum Gasteiger partial charge on any atom is 0.177 e. The summed E-state index contributed by atoms with van der Waals surface area (Å²) in [4.78, 5) is 11.3. The summed E-state index contributed by atoms with van der Waals surface area (Å²) in [6.07, 6.45) is 0.718. The molecule has 2 rings (SSSR count). The minimum absolute atomic E-state index is 0.00267. The number of carbonyl (C=O) groups excluding carboxylic acids is 1. The van der Waals surface area contributed by atoms with Crippen molar-refractivity contribution in [3.05, 3.63) is 71.0 Å². The predicted octanol–water partition coefficient (Wildman–Crippen LogP) is 3.84. The molecular weight excluding hydrogens is 251 g/mol. The van der Waals surface area contributed by atoms with E-state index in [-0.39, 0.29) is 17.5 Å². The van der Waals surface area contributed by atoms with Crippen molar-refractivity contribution in [2.45, 2.75) is 6.42 Å². The topological polar surface area (TPSA) is 17.1 Å². The lowest BCUT2D eigenvalue weighted by molar-refractivity contribution is 0.102. The fourth-order valence-corrected chi connectivity index (χ4v) is 1.88. The lowest BCUT2D eigenvalue weighted by atomic mass is 10.0. The Bertz CT molecular complexity index is 531. The van der Waals surface area contributed by atoms with Gasteiger partial charge in [0.2, 0.25) is 0 Å². The molecule has 0 unspecified atom stereocenters. The van der Waals surface area contributed by atoms with Gasteiger partial charge >= 0.3 is 0 Å². The van der Waals surface area contributed by atoms with E-state index in [1.807, 2.05) is 12.1 Å². The van der Waals surface area contributed by atoms with E-state index in [9.17, 15) is 9.18 Å². The van der Waals surface area contributed by atoms with Crippen LogP contribution in [0.3, 0.4) is 0 Å². The second-order valence-corrected chi connectivity index (χ2v) is 4.32. The zero-order valence-electron chi connectivity index (χ0n) is 9.70. The molecule has 0 bridgehead atoms. The number of carbonyl (C=O) groups is 1. The molecule has 92 valence electrons. The SMILES string of the molecule is O=C(CCl)c1ccc(Cc2ccc(F)cc2)cc1. The third-order valence-electron chi connectivity index (χ3n) is 2.72. The molecule has 0 saturated heterocycles. The maximum absolute atomic E-state index is 12.8. The Hall–Kier alpha value is -1.67. The van der Waals surface area contributed by atoms with Crippen LogP contribution < -0.4 is 0 Å². The highest BCUT2D eigenvalue weighted by molar-refractivity contribution is 6.30. The van der Waals surface area contributed by atoms with Crippen molar-refractivity contribution in [3.63, 3.8) is 0 Å². The number of ketones is 1. The second kappa shape index (κ2) is 5.78. The Labute approximate surface area is 110 Å². The number of hydrogen-bond acceptors (Lipinski definition) is 1. The molecule has 0 aliphatic heterocycles. The lowest BCUT2D eigenvalue weighted by Crippen LogP contribution is -2.00. The van der Waals surface area contributed by atoms with Gasteiger partial charge in [0.1, 0.15) is 5.82 Å². The summed E-state index contributed by atoms with van der Waals surface area (Å²) in [5, 5.41) is 0. The van der Waals surface area contributed by atoms with Crippen LogP contribution >= 0.6 is 11.6 Å². The van der Waals surface area contributed by atoms with E-state index in [2.05, 4.69) is 0 Å². The molecule has 0 fully saturated rings. The van der Waals surface area contributed by atoms with Crippen molar-refractivity contribution in [3.8, 4) is 0 Å². The van der Waals surface area contributed by atoms with Gasteiger partial charge in [0.05, 0.1) is 5.88 Å². The molecule has 0 aromatic heterocycles. The van der Waals surface area contributed by atoms with E-state index in [1.165, 1.54) is 12.1 Å². The molecule has 2 aromatic rings. The van der Waals surface area contributed by atoms with E-state index in [1.54, 1.807) is 24.3 Å². The van der Waals surface area contributed by atoms with Crippen molar-refractivity contribution in [2.75, 3.05) is 5.88 Å². The third kappa shape index (κ3) is 3.17. The summed E-state index contributed by atoms with van der Waals surface area (Å²) in [5.74, 6) is -0.316. The highest BCUT2D eigenvalue weighted by atomic mass is 35.5. The lowest BCUT2D eigenvalue weighted by Gasteiger charge is -2.03. The van der Waals surface area contributed by atoms with Gasteiger partial charge in [-0.15, -0.1) is 11.6 Å². The molecule has 0 aliphatic carbocycles. The van der Waals surface area contributed by atoms with Crippen molar-refractivity contribution in [2.24, 2.45) is 0 Å². The van der Waals surface area contributed by atoms with Crippen molar-refractivity contribution >= 4 is 17.4 Å². The molecule has 0 N–H and O–H groups in total. The molecule has 18 heavy (non-hydrogen) atoms. The Morgan fingerprint density at radius 1 is 0.944 bits per heavy atom. The summed E-state index contributed by atoms with van der Waals surface area (Å²) in [5.41, 5.74) is 2.73. The summed E-state index contributed by atoms with van der Waals surface area (Å²) in [6.45, 7) is 0. The first-order valence-corrected chi connectivity index (χ1v) is 6.15. The van der Waals surface area contributed by atoms with Crippen LogP contribution in [0.15, 0.2) is 48.5 Å². The zero-order chi connectivity index (χ0) is 13.0. The Morgan fingerprint density at radius 3 is 1.94 bits per heavy atom. The van der Waals surface area contributed by atoms with Crippen LogP contribution in [0.4, 0.5) is 4.39 Å². The van der Waals surface area contributed by atoms with E-state index < -0.39 is 0 Å². The Morgan fingerprint density at radius 2 is 1.44 bits per heavy atom. The Kier molecular flexibility index (Phi) is 4.11. The van der Waals surface area contributed by atoms with E-state index >= 15 is 0 Å². The molecule has 0 radical (unpaired) electrons. The van der Waals surface area contributed by atoms with Crippen LogP contribution in [0.1, 0.15) is 21.5 Å². The third-order valence-corrected chi connectivity index (χ3v) is 2.96. The standard InChI is InChI=1S/C15H12ClFO/c16-10-15(18)13-5-1-11(2-6-13)9-12-3-7-14(17)8-4-12/h1-8H,9-10H2. The van der Waals surface area contributed by atoms with E-state index in [0.717, 1.165) is 17.5 Å². The van der Waals surface area contributed by atoms with Gasteiger partial charge in [-0.25, -0.2) is 4.39 Å². The average molecular weight is 263 g/mol. The molecule has 0 spiro atoms. The van der Waals surface area contributed by atoms with Crippen LogP contribution in [0.2, 0.25) is 0 Å². The molecule has 0 saturated carbocycles. The Balaban J connectivity index is 2.10. The van der Waals surface area contributed by atoms with Gasteiger partial charge in [-0.3, -0.25) is 4.79 Å². The fourth-order valence-electron chi connectivity index (χ4n) is 1.72. The first-order valence-electron chi connectivity index (χ1n) is 5.61. The molecule has 3 heteroatoms. The van der Waals surface area contributed by atoms with Gasteiger partial charge in [0, 0.05) is 5.56 Å². The minimum atomic E-state index is -0.234. The van der Waals surface area contributed by atoms with Gasteiger partial charge < -0.3 is 0 Å². The van der Waals surface area contributed by atoms with Crippen molar-refractivity contribution in [1.82, 2.24) is 0 Å². The first kappa shape index (κ1) is 12.8. The van der Waals surface area contributed by atoms with Gasteiger partial charge in [0.25, 0.3) is 0 Å². The zero-order valence-corrected chi connectivity index (χ0v) is 10.5. The van der Waals surface area contributed by atoms with Gasteiger partial charge in [-0.05, 0) is 29.7 Å². The van der Waals surface area contributed by atoms with Crippen molar-refractivity contribution < 1.29 is 9.18 Å². The fraction of sp³-hybridized carbons (Fsp3) is 0.133. The smallest absolute Gasteiger partial charge is 0.177 e. The number of hydrogen-bond donors (Lipinski definition) is 0. The second-order valence-electron chi connectivity index (χ2n) is 4.06. The van der Waals surface area contributed by atoms with Crippen molar-refractivity contribution in [1.29, 1.82) is 0 Å². The highest BCUT2D eigenvalue weighted by Gasteiger charge is 2.03. The monoisotopic (exact) mass is 262 g/mol. The highest BCUT2D eigenvalue weighted by Crippen LogP contribution is 2.12. The average Bonchev–Trinajstić information content (AvgIpc) is 2.41. The summed E-state index contributed by atoms with van der Waals surface area (Å²) in [7, 11) is 0. The number of Topliss-reactive ketones (excluding diaryl/α,β-unsaturated/α-hetero) is 1. The molecule has 1 nitrogen and oxygen atoms in total. The molecule has 0 heterocycles. The predicted molar refractivity (Wildman–Crippen MR) is 70.7 cm³/mol. The minimum Gasteiger partial charge on any atom is -0.293 e. The summed E-state index contributed by atoms with van der Waals surface area (Å²) in [6, 6.07) is 13.7. The van der Waals surface area contributed by atoms with Crippen LogP contribution in [-0.4, -0.2) is 11.7 Å². The van der Waals surface area contributed by atoms with Gasteiger partial charge in [-0.1, -0.05) is 36.4 Å². The maximum atomic E-state index is 12.8. The summed E-state index contributed by atoms with van der Waals surface area (Å²) >= 11 is 5.49. The van der Waals surface area contributed by atoms with Gasteiger partial charge in [0.15, 0.2) is 5.78 Å². The van der Waals surface area contributed by atoms with Crippen LogP contribution in [0, 0.1) is 5.82 Å².